The zero-order chi connectivity index (χ0) is 13.5. The Morgan fingerprint density at radius 3 is 2.68 bits per heavy atom. The van der Waals surface area contributed by atoms with Gasteiger partial charge >= 0.3 is 0 Å². The second-order valence-corrected chi connectivity index (χ2v) is 5.78. The molecule has 1 saturated heterocycles. The van der Waals surface area contributed by atoms with Gasteiger partial charge in [-0.3, -0.25) is 4.79 Å². The minimum absolute atomic E-state index is 0. The lowest BCUT2D eigenvalue weighted by Gasteiger charge is -2.31. The number of halogens is 1. The van der Waals surface area contributed by atoms with Crippen molar-refractivity contribution in [2.45, 2.75) is 52.7 Å². The van der Waals surface area contributed by atoms with Crippen molar-refractivity contribution >= 4 is 18.3 Å². The molecule has 0 saturated carbocycles. The maximum absolute atomic E-state index is 12.0. The summed E-state index contributed by atoms with van der Waals surface area (Å²) in [5, 5.41) is 6.43. The number of carbonyl (C=O) groups excluding carboxylic acids is 1. The van der Waals surface area contributed by atoms with Crippen LogP contribution in [0.15, 0.2) is 0 Å². The number of hydrogen-bond donors (Lipinski definition) is 2. The molecule has 5 heteroatoms. The van der Waals surface area contributed by atoms with Crippen molar-refractivity contribution in [1.29, 1.82) is 0 Å². The molecule has 0 radical (unpaired) electrons. The molecule has 0 spiro atoms. The Hall–Kier alpha value is -0.320. The van der Waals surface area contributed by atoms with E-state index in [0.717, 1.165) is 25.9 Å². The number of hydrogen-bond acceptors (Lipinski definition) is 3. The summed E-state index contributed by atoms with van der Waals surface area (Å²) in [6.45, 7) is 10.9. The molecular formula is C14H29ClN2O2. The minimum Gasteiger partial charge on any atom is -0.369 e. The summed E-state index contributed by atoms with van der Waals surface area (Å²) in [6.07, 6.45) is 1.67. The number of ether oxygens (including phenoxy) is 1. The van der Waals surface area contributed by atoms with Crippen molar-refractivity contribution < 1.29 is 9.53 Å². The number of amides is 1. The predicted octanol–water partition coefficient (Wildman–Crippen LogP) is 1.97. The summed E-state index contributed by atoms with van der Waals surface area (Å²) in [5.74, 6) is 1.13. The molecule has 3 atom stereocenters. The van der Waals surface area contributed by atoms with Gasteiger partial charge in [0.05, 0.1) is 0 Å². The largest absolute Gasteiger partial charge is 0.369 e. The number of rotatable bonds is 6. The molecule has 1 rings (SSSR count). The van der Waals surface area contributed by atoms with E-state index in [1.54, 1.807) is 0 Å². The summed E-state index contributed by atoms with van der Waals surface area (Å²) >= 11 is 0. The van der Waals surface area contributed by atoms with Gasteiger partial charge in [-0.05, 0) is 44.7 Å². The van der Waals surface area contributed by atoms with Gasteiger partial charge in [-0.2, -0.15) is 0 Å². The van der Waals surface area contributed by atoms with Gasteiger partial charge in [0.15, 0.2) is 0 Å². The van der Waals surface area contributed by atoms with Crippen molar-refractivity contribution in [3.8, 4) is 0 Å². The van der Waals surface area contributed by atoms with Crippen LogP contribution in [0.25, 0.3) is 0 Å². The third kappa shape index (κ3) is 7.14. The Bertz CT molecular complexity index is 262. The van der Waals surface area contributed by atoms with E-state index < -0.39 is 0 Å². The second-order valence-electron chi connectivity index (χ2n) is 5.78. The summed E-state index contributed by atoms with van der Waals surface area (Å²) in [6, 6.07) is 0.287. The van der Waals surface area contributed by atoms with Crippen LogP contribution in [0.1, 0.15) is 40.5 Å². The molecule has 3 unspecified atom stereocenters. The topological polar surface area (TPSA) is 50.4 Å². The predicted molar refractivity (Wildman–Crippen MR) is 80.7 cm³/mol. The summed E-state index contributed by atoms with van der Waals surface area (Å²) < 4.78 is 5.56. The Morgan fingerprint density at radius 1 is 1.42 bits per heavy atom. The first kappa shape index (κ1) is 18.7. The van der Waals surface area contributed by atoms with Crippen molar-refractivity contribution in [1.82, 2.24) is 10.6 Å². The van der Waals surface area contributed by atoms with Crippen molar-refractivity contribution in [2.24, 2.45) is 11.8 Å². The molecule has 0 aromatic heterocycles. The SMILES string of the molecule is CC(C)CCOC(C)C(=O)NC1CCNCC1C.Cl. The van der Waals surface area contributed by atoms with Crippen molar-refractivity contribution in [2.75, 3.05) is 19.7 Å². The normalized spacial score (nSPS) is 24.7. The third-order valence-corrected chi connectivity index (χ3v) is 3.55. The minimum atomic E-state index is -0.342. The lowest BCUT2D eigenvalue weighted by Crippen LogP contribution is -2.50. The van der Waals surface area contributed by atoms with Gasteiger partial charge < -0.3 is 15.4 Å². The van der Waals surface area contributed by atoms with Crippen LogP contribution in [0.5, 0.6) is 0 Å². The summed E-state index contributed by atoms with van der Waals surface area (Å²) in [7, 11) is 0. The van der Waals surface area contributed by atoms with Crippen LogP contribution in [0.4, 0.5) is 0 Å². The van der Waals surface area contributed by atoms with Gasteiger partial charge in [0.1, 0.15) is 6.10 Å². The van der Waals surface area contributed by atoms with E-state index in [9.17, 15) is 4.79 Å². The van der Waals surface area contributed by atoms with E-state index in [2.05, 4.69) is 31.4 Å². The first-order valence-electron chi connectivity index (χ1n) is 7.13. The van der Waals surface area contributed by atoms with E-state index in [-0.39, 0.29) is 30.5 Å². The zero-order valence-electron chi connectivity index (χ0n) is 12.6. The fourth-order valence-corrected chi connectivity index (χ4v) is 2.08. The van der Waals surface area contributed by atoms with Crippen LogP contribution >= 0.6 is 12.4 Å². The first-order chi connectivity index (χ1) is 8.50. The van der Waals surface area contributed by atoms with Crippen LogP contribution in [0.2, 0.25) is 0 Å². The van der Waals surface area contributed by atoms with Gasteiger partial charge in [-0.25, -0.2) is 0 Å². The highest BCUT2D eigenvalue weighted by molar-refractivity contribution is 5.85. The maximum Gasteiger partial charge on any atom is 0.249 e. The van der Waals surface area contributed by atoms with E-state index in [0.29, 0.717) is 18.4 Å². The quantitative estimate of drug-likeness (QED) is 0.787. The van der Waals surface area contributed by atoms with Gasteiger partial charge in [-0.1, -0.05) is 20.8 Å². The first-order valence-corrected chi connectivity index (χ1v) is 7.13. The van der Waals surface area contributed by atoms with Crippen molar-refractivity contribution in [3.63, 3.8) is 0 Å². The maximum atomic E-state index is 12.0. The highest BCUT2D eigenvalue weighted by Gasteiger charge is 2.24. The number of nitrogens with one attached hydrogen (secondary N) is 2. The Labute approximate surface area is 123 Å². The monoisotopic (exact) mass is 292 g/mol. The second kappa shape index (κ2) is 9.56. The lowest BCUT2D eigenvalue weighted by atomic mass is 9.95. The highest BCUT2D eigenvalue weighted by atomic mass is 35.5. The number of carbonyl (C=O) groups is 1. The molecule has 0 aromatic rings. The van der Waals surface area contributed by atoms with E-state index in [1.165, 1.54) is 0 Å². The molecule has 0 aliphatic carbocycles. The Kier molecular flexibility index (Phi) is 9.40. The van der Waals surface area contributed by atoms with Gasteiger partial charge in [0.2, 0.25) is 5.91 Å². The molecule has 1 aliphatic heterocycles. The highest BCUT2D eigenvalue weighted by Crippen LogP contribution is 2.11. The molecule has 19 heavy (non-hydrogen) atoms. The van der Waals surface area contributed by atoms with Crippen molar-refractivity contribution in [3.05, 3.63) is 0 Å². The molecule has 1 heterocycles. The summed E-state index contributed by atoms with van der Waals surface area (Å²) in [5.41, 5.74) is 0. The fraction of sp³-hybridized carbons (Fsp3) is 0.929. The Balaban J connectivity index is 0.00000324. The zero-order valence-corrected chi connectivity index (χ0v) is 13.4. The molecule has 0 bridgehead atoms. The standard InChI is InChI=1S/C14H28N2O2.ClH/c1-10(2)6-8-18-12(4)14(17)16-13-5-7-15-9-11(13)3;/h10-13,15H,5-9H2,1-4H3,(H,16,17);1H. The van der Waals surface area contributed by atoms with E-state index in [4.69, 9.17) is 4.74 Å². The summed E-state index contributed by atoms with van der Waals surface area (Å²) in [4.78, 5) is 12.0. The third-order valence-electron chi connectivity index (χ3n) is 3.55. The van der Waals surface area contributed by atoms with Gasteiger partial charge in [0, 0.05) is 12.6 Å². The number of piperidine rings is 1. The van der Waals surface area contributed by atoms with E-state index in [1.807, 2.05) is 6.92 Å². The molecule has 1 aliphatic rings. The van der Waals surface area contributed by atoms with Gasteiger partial charge in [0.25, 0.3) is 0 Å². The molecular weight excluding hydrogens is 264 g/mol. The smallest absolute Gasteiger partial charge is 0.249 e. The van der Waals surface area contributed by atoms with Crippen LogP contribution in [0.3, 0.4) is 0 Å². The fourth-order valence-electron chi connectivity index (χ4n) is 2.08. The molecule has 114 valence electrons. The molecule has 1 fully saturated rings. The van der Waals surface area contributed by atoms with E-state index >= 15 is 0 Å². The molecule has 0 aromatic carbocycles. The van der Waals surface area contributed by atoms with Crippen LogP contribution in [0, 0.1) is 11.8 Å². The molecule has 4 nitrogen and oxygen atoms in total. The van der Waals surface area contributed by atoms with Gasteiger partial charge in [-0.15, -0.1) is 12.4 Å². The molecule has 1 amide bonds. The van der Waals surface area contributed by atoms with Crippen LogP contribution in [-0.2, 0) is 9.53 Å². The van der Waals surface area contributed by atoms with Crippen LogP contribution < -0.4 is 10.6 Å². The van der Waals surface area contributed by atoms with Crippen LogP contribution in [-0.4, -0.2) is 37.7 Å². The molecule has 2 N–H and O–H groups in total. The lowest BCUT2D eigenvalue weighted by molar-refractivity contribution is -0.133. The average molecular weight is 293 g/mol. The Morgan fingerprint density at radius 2 is 2.11 bits per heavy atom. The average Bonchev–Trinajstić information content (AvgIpc) is 2.31.